The zero-order valence-electron chi connectivity index (χ0n) is 11.0. The van der Waals surface area contributed by atoms with Crippen molar-refractivity contribution >= 4 is 22.3 Å². The number of aliphatic hydroxyl groups is 3. The molecule has 1 aliphatic rings. The summed E-state index contributed by atoms with van der Waals surface area (Å²) in [5.74, 6) is -1.21. The zero-order chi connectivity index (χ0) is 16.7. The van der Waals surface area contributed by atoms with Crippen LogP contribution in [-0.4, -0.2) is 68.5 Å². The van der Waals surface area contributed by atoms with Gasteiger partial charge in [0.2, 0.25) is 0 Å². The Hall–Kier alpha value is -1.15. The number of aromatic nitrogens is 2. The molecule has 0 aromatic carbocycles. The highest BCUT2D eigenvalue weighted by Gasteiger charge is 2.57. The summed E-state index contributed by atoms with van der Waals surface area (Å²) in [6.07, 6.45) is -3.84. The van der Waals surface area contributed by atoms with Crippen molar-refractivity contribution in [3.8, 4) is 0 Å². The smallest absolute Gasteiger partial charge is 0.328 e. The third kappa shape index (κ3) is 2.99. The number of hydrogen-bond acceptors (Lipinski definition) is 8. The molecule has 1 aliphatic heterocycles. The van der Waals surface area contributed by atoms with Crippen molar-refractivity contribution < 1.29 is 33.0 Å². The number of aliphatic hydroxyl groups excluding tert-OH is 3. The molecule has 1 aromatic rings. The van der Waals surface area contributed by atoms with Crippen molar-refractivity contribution in [1.82, 2.24) is 9.55 Å². The molecule has 0 amide bonds. The van der Waals surface area contributed by atoms with E-state index in [1.54, 1.807) is 0 Å². The Balaban J connectivity index is 2.67. The standard InChI is InChI=1S/C10H14N2O8S2/c13-3-5-7(14)8(15)10(20-5,4-22(17,18)19)12-2-1-6(21)11-9(12)16/h1-2,5,7-8,13-15H,3-4H2,(H,11,16,21)(H,17,18,19)/t5-,7-,8-,10-/m1/s1. The number of rotatable bonds is 4. The van der Waals surface area contributed by atoms with Crippen LogP contribution < -0.4 is 5.69 Å². The van der Waals surface area contributed by atoms with Crippen molar-refractivity contribution in [3.05, 3.63) is 27.4 Å². The van der Waals surface area contributed by atoms with Gasteiger partial charge >= 0.3 is 5.69 Å². The van der Waals surface area contributed by atoms with E-state index in [-0.39, 0.29) is 4.64 Å². The molecule has 1 saturated heterocycles. The molecular weight excluding hydrogens is 340 g/mol. The van der Waals surface area contributed by atoms with Gasteiger partial charge in [-0.1, -0.05) is 12.2 Å². The Labute approximate surface area is 129 Å². The molecule has 0 saturated carbocycles. The van der Waals surface area contributed by atoms with Gasteiger partial charge in [-0.05, 0) is 6.07 Å². The van der Waals surface area contributed by atoms with E-state index in [2.05, 4.69) is 4.98 Å². The molecule has 0 bridgehead atoms. The molecule has 0 aliphatic carbocycles. The molecular formula is C10H14N2O8S2. The van der Waals surface area contributed by atoms with Crippen LogP contribution in [0.25, 0.3) is 0 Å². The molecule has 0 radical (unpaired) electrons. The fourth-order valence-corrected chi connectivity index (χ4v) is 3.43. The van der Waals surface area contributed by atoms with Crippen LogP contribution in [0.2, 0.25) is 0 Å². The Morgan fingerprint density at radius 1 is 1.45 bits per heavy atom. The molecule has 4 atom stereocenters. The average Bonchev–Trinajstić information content (AvgIpc) is 2.62. The van der Waals surface area contributed by atoms with Crippen LogP contribution in [0.4, 0.5) is 0 Å². The van der Waals surface area contributed by atoms with Gasteiger partial charge in [-0.25, -0.2) is 4.79 Å². The van der Waals surface area contributed by atoms with Gasteiger partial charge in [-0.2, -0.15) is 8.42 Å². The van der Waals surface area contributed by atoms with Gasteiger partial charge in [0.05, 0.1) is 6.61 Å². The van der Waals surface area contributed by atoms with E-state index in [0.717, 1.165) is 6.20 Å². The quantitative estimate of drug-likeness (QED) is 0.292. The first-order valence-corrected chi connectivity index (χ1v) is 8.05. The van der Waals surface area contributed by atoms with E-state index in [4.69, 9.17) is 26.6 Å². The minimum atomic E-state index is -4.71. The van der Waals surface area contributed by atoms with Crippen molar-refractivity contribution in [3.63, 3.8) is 0 Å². The SMILES string of the molecule is O=c1[nH]c(=S)ccn1[C@]1(CS(=O)(=O)O)O[C@H](CO)[C@@H](O)[C@H]1O. The summed E-state index contributed by atoms with van der Waals surface area (Å²) in [4.78, 5) is 14.2. The second-order valence-corrected chi connectivity index (χ2v) is 6.72. The van der Waals surface area contributed by atoms with Crippen molar-refractivity contribution in [2.45, 2.75) is 24.0 Å². The minimum Gasteiger partial charge on any atom is -0.394 e. The molecule has 5 N–H and O–H groups in total. The van der Waals surface area contributed by atoms with Gasteiger partial charge in [0.15, 0.2) is 5.72 Å². The highest BCUT2D eigenvalue weighted by molar-refractivity contribution is 7.85. The number of H-pyrrole nitrogens is 1. The summed E-state index contributed by atoms with van der Waals surface area (Å²) < 4.78 is 37.6. The monoisotopic (exact) mass is 354 g/mol. The molecule has 22 heavy (non-hydrogen) atoms. The first kappa shape index (κ1) is 17.2. The Morgan fingerprint density at radius 2 is 2.09 bits per heavy atom. The summed E-state index contributed by atoms with van der Waals surface area (Å²) >= 11 is 4.75. The lowest BCUT2D eigenvalue weighted by Crippen LogP contribution is -2.54. The fourth-order valence-electron chi connectivity index (χ4n) is 2.38. The maximum Gasteiger partial charge on any atom is 0.328 e. The van der Waals surface area contributed by atoms with E-state index >= 15 is 0 Å². The van der Waals surface area contributed by atoms with E-state index in [9.17, 15) is 23.4 Å². The molecule has 2 rings (SSSR count). The van der Waals surface area contributed by atoms with Gasteiger partial charge in [0.25, 0.3) is 10.1 Å². The van der Waals surface area contributed by atoms with Crippen LogP contribution in [0.3, 0.4) is 0 Å². The topological polar surface area (TPSA) is 162 Å². The van der Waals surface area contributed by atoms with Crippen molar-refractivity contribution in [1.29, 1.82) is 0 Å². The molecule has 10 nitrogen and oxygen atoms in total. The Bertz CT molecular complexity index is 772. The first-order chi connectivity index (χ1) is 10.1. The van der Waals surface area contributed by atoms with E-state index in [1.165, 1.54) is 6.07 Å². The zero-order valence-corrected chi connectivity index (χ0v) is 12.6. The second kappa shape index (κ2) is 5.81. The largest absolute Gasteiger partial charge is 0.394 e. The number of ether oxygens (including phenoxy) is 1. The maximum absolute atomic E-state index is 12.0. The maximum atomic E-state index is 12.0. The summed E-state index contributed by atoms with van der Waals surface area (Å²) in [5, 5.41) is 29.1. The van der Waals surface area contributed by atoms with E-state index in [0.29, 0.717) is 4.57 Å². The molecule has 12 heteroatoms. The highest BCUT2D eigenvalue weighted by Crippen LogP contribution is 2.35. The van der Waals surface area contributed by atoms with Crippen LogP contribution in [-0.2, 0) is 20.6 Å². The summed E-state index contributed by atoms with van der Waals surface area (Å²) in [7, 11) is -4.71. The average molecular weight is 354 g/mol. The van der Waals surface area contributed by atoms with Crippen LogP contribution in [0, 0.1) is 4.64 Å². The molecule has 1 aromatic heterocycles. The number of nitrogens with one attached hydrogen (secondary N) is 1. The Morgan fingerprint density at radius 3 is 2.55 bits per heavy atom. The van der Waals surface area contributed by atoms with Gasteiger partial charge < -0.3 is 20.1 Å². The van der Waals surface area contributed by atoms with Crippen molar-refractivity contribution in [2.75, 3.05) is 12.4 Å². The van der Waals surface area contributed by atoms with Crippen LogP contribution in [0.1, 0.15) is 0 Å². The van der Waals surface area contributed by atoms with Crippen LogP contribution >= 0.6 is 12.2 Å². The summed E-state index contributed by atoms with van der Waals surface area (Å²) in [6.45, 7) is -0.733. The summed E-state index contributed by atoms with van der Waals surface area (Å²) in [6, 6.07) is 1.23. The molecule has 2 heterocycles. The van der Waals surface area contributed by atoms with Gasteiger partial charge in [-0.15, -0.1) is 0 Å². The second-order valence-electron chi connectivity index (χ2n) is 4.83. The summed E-state index contributed by atoms with van der Waals surface area (Å²) in [5.41, 5.74) is -3.22. The highest BCUT2D eigenvalue weighted by atomic mass is 32.2. The van der Waals surface area contributed by atoms with Crippen molar-refractivity contribution in [2.24, 2.45) is 0 Å². The molecule has 1 fully saturated rings. The predicted molar refractivity (Wildman–Crippen MR) is 74.2 cm³/mol. The third-order valence-corrected chi connectivity index (χ3v) is 4.34. The van der Waals surface area contributed by atoms with E-state index < -0.39 is 52.2 Å². The molecule has 0 unspecified atom stereocenters. The van der Waals surface area contributed by atoms with Crippen LogP contribution in [0.15, 0.2) is 17.1 Å². The lowest BCUT2D eigenvalue weighted by atomic mass is 10.0. The van der Waals surface area contributed by atoms with Crippen LogP contribution in [0.5, 0.6) is 0 Å². The van der Waals surface area contributed by atoms with Gasteiger partial charge in [0, 0.05) is 6.20 Å². The number of nitrogens with zero attached hydrogens (tertiary/aromatic N) is 1. The molecule has 0 spiro atoms. The first-order valence-electron chi connectivity index (χ1n) is 6.03. The normalized spacial score (nSPS) is 32.3. The lowest BCUT2D eigenvalue weighted by Gasteiger charge is -2.32. The Kier molecular flexibility index (Phi) is 4.54. The lowest BCUT2D eigenvalue weighted by molar-refractivity contribution is -0.134. The minimum absolute atomic E-state index is 0.0509. The van der Waals surface area contributed by atoms with Gasteiger partial charge in [0.1, 0.15) is 28.7 Å². The fraction of sp³-hybridized carbons (Fsp3) is 0.600. The molecule has 124 valence electrons. The third-order valence-electron chi connectivity index (χ3n) is 3.32. The van der Waals surface area contributed by atoms with Gasteiger partial charge in [-0.3, -0.25) is 14.1 Å². The number of aromatic amines is 1. The van der Waals surface area contributed by atoms with E-state index in [1.807, 2.05) is 0 Å². The predicted octanol–water partition coefficient (Wildman–Crippen LogP) is -2.44. The number of hydrogen-bond donors (Lipinski definition) is 5.